The molecule has 1 aromatic heterocycles. The fraction of sp³-hybridized carbons (Fsp3) is 0.130. The third kappa shape index (κ3) is 2.91. The van der Waals surface area contributed by atoms with Gasteiger partial charge in [-0.2, -0.15) is 5.10 Å². The zero-order valence-corrected chi connectivity index (χ0v) is 15.9. The molecule has 0 spiro atoms. The van der Waals surface area contributed by atoms with E-state index in [0.29, 0.717) is 11.3 Å². The zero-order chi connectivity index (χ0) is 19.8. The molecule has 0 saturated carbocycles. The summed E-state index contributed by atoms with van der Waals surface area (Å²) in [6.45, 7) is 3.75. The molecule has 140 valence electrons. The third-order valence-corrected chi connectivity index (χ3v) is 4.88. The smallest absolute Gasteiger partial charge is 0.337 e. The number of rotatable bonds is 3. The summed E-state index contributed by atoms with van der Waals surface area (Å²) in [7, 11) is 1.37. The Morgan fingerprint density at radius 2 is 1.64 bits per heavy atom. The molecule has 0 saturated heterocycles. The van der Waals surface area contributed by atoms with Crippen molar-refractivity contribution in [3.05, 3.63) is 77.4 Å². The lowest BCUT2D eigenvalue weighted by atomic mass is 10.0. The van der Waals surface area contributed by atoms with Crippen LogP contribution in [-0.2, 0) is 4.74 Å². The number of hydrogen-bond acceptors (Lipinski definition) is 4. The number of benzene rings is 3. The van der Waals surface area contributed by atoms with Gasteiger partial charge in [-0.15, -0.1) is 0 Å². The maximum Gasteiger partial charge on any atom is 0.337 e. The summed E-state index contributed by atoms with van der Waals surface area (Å²) in [6.07, 6.45) is 0. The number of methoxy groups -OCH3 is 1. The van der Waals surface area contributed by atoms with Gasteiger partial charge in [-0.3, -0.25) is 0 Å². The number of aromatic hydroxyl groups is 1. The summed E-state index contributed by atoms with van der Waals surface area (Å²) in [4.78, 5) is 11.8. The van der Waals surface area contributed by atoms with E-state index in [2.05, 4.69) is 0 Å². The van der Waals surface area contributed by atoms with Crippen LogP contribution in [0.5, 0.6) is 5.75 Å². The first-order valence-electron chi connectivity index (χ1n) is 8.96. The average Bonchev–Trinajstić information content (AvgIpc) is 3.10. The fourth-order valence-electron chi connectivity index (χ4n) is 3.43. The Morgan fingerprint density at radius 3 is 2.29 bits per heavy atom. The van der Waals surface area contributed by atoms with Crippen molar-refractivity contribution >= 4 is 16.9 Å². The molecule has 0 amide bonds. The van der Waals surface area contributed by atoms with Gasteiger partial charge < -0.3 is 9.84 Å². The molecule has 0 bridgehead atoms. The summed E-state index contributed by atoms with van der Waals surface area (Å²) in [6, 6.07) is 19.1. The SMILES string of the molecule is COC(=O)c1ccc(-c2c3ccccc3nn2-c2cc(C)c(O)c(C)c2)cc1. The quantitative estimate of drug-likeness (QED) is 0.525. The van der Waals surface area contributed by atoms with Gasteiger partial charge in [0.05, 0.1) is 29.6 Å². The number of phenolic OH excluding ortho intramolecular Hbond substituents is 1. The highest BCUT2D eigenvalue weighted by molar-refractivity contribution is 5.95. The molecule has 0 atom stereocenters. The maximum absolute atomic E-state index is 11.8. The molecule has 4 aromatic rings. The molecular weight excluding hydrogens is 352 g/mol. The lowest BCUT2D eigenvalue weighted by molar-refractivity contribution is 0.0601. The Labute approximate surface area is 162 Å². The Kier molecular flexibility index (Phi) is 4.35. The molecule has 0 aliphatic rings. The molecule has 1 heterocycles. The molecule has 28 heavy (non-hydrogen) atoms. The van der Waals surface area contributed by atoms with Gasteiger partial charge in [0.25, 0.3) is 0 Å². The van der Waals surface area contributed by atoms with Gasteiger partial charge in [0, 0.05) is 10.9 Å². The van der Waals surface area contributed by atoms with E-state index in [4.69, 9.17) is 9.84 Å². The molecule has 0 fully saturated rings. The summed E-state index contributed by atoms with van der Waals surface area (Å²) in [5.74, 6) is -0.0702. The highest BCUT2D eigenvalue weighted by Gasteiger charge is 2.16. The van der Waals surface area contributed by atoms with Crippen molar-refractivity contribution in [3.63, 3.8) is 0 Å². The minimum Gasteiger partial charge on any atom is -0.507 e. The number of phenols is 1. The molecule has 5 heteroatoms. The van der Waals surface area contributed by atoms with E-state index >= 15 is 0 Å². The van der Waals surface area contributed by atoms with Crippen molar-refractivity contribution in [3.8, 4) is 22.7 Å². The molecular formula is C23H20N2O3. The fourth-order valence-corrected chi connectivity index (χ4v) is 3.43. The molecule has 0 radical (unpaired) electrons. The number of aromatic nitrogens is 2. The second-order valence-corrected chi connectivity index (χ2v) is 6.77. The van der Waals surface area contributed by atoms with E-state index < -0.39 is 0 Å². The van der Waals surface area contributed by atoms with Gasteiger partial charge in [-0.05, 0) is 55.3 Å². The van der Waals surface area contributed by atoms with E-state index in [1.54, 1.807) is 12.1 Å². The highest BCUT2D eigenvalue weighted by Crippen LogP contribution is 2.33. The zero-order valence-electron chi connectivity index (χ0n) is 15.9. The van der Waals surface area contributed by atoms with Crippen molar-refractivity contribution < 1.29 is 14.6 Å². The van der Waals surface area contributed by atoms with Gasteiger partial charge in [-0.25, -0.2) is 9.48 Å². The lowest BCUT2D eigenvalue weighted by Crippen LogP contribution is -2.02. The normalized spacial score (nSPS) is 11.0. The Morgan fingerprint density at radius 1 is 1.00 bits per heavy atom. The van der Waals surface area contributed by atoms with Crippen LogP contribution in [0.25, 0.3) is 27.8 Å². The number of ether oxygens (including phenoxy) is 1. The van der Waals surface area contributed by atoms with Gasteiger partial charge >= 0.3 is 5.97 Å². The third-order valence-electron chi connectivity index (χ3n) is 4.88. The molecule has 0 aliphatic heterocycles. The van der Waals surface area contributed by atoms with Crippen LogP contribution < -0.4 is 0 Å². The van der Waals surface area contributed by atoms with Crippen LogP contribution in [0.2, 0.25) is 0 Å². The minimum absolute atomic E-state index is 0.296. The maximum atomic E-state index is 11.8. The number of nitrogens with zero attached hydrogens (tertiary/aromatic N) is 2. The number of carbonyl (C=O) groups is 1. The van der Waals surface area contributed by atoms with Crippen LogP contribution in [0.3, 0.4) is 0 Å². The summed E-state index contributed by atoms with van der Waals surface area (Å²) in [5.41, 5.74) is 5.69. The predicted molar refractivity (Wildman–Crippen MR) is 109 cm³/mol. The molecule has 0 aliphatic carbocycles. The minimum atomic E-state index is -0.366. The van der Waals surface area contributed by atoms with E-state index in [-0.39, 0.29) is 5.97 Å². The van der Waals surface area contributed by atoms with Crippen LogP contribution in [0.1, 0.15) is 21.5 Å². The molecule has 1 N–H and O–H groups in total. The average molecular weight is 372 g/mol. The largest absolute Gasteiger partial charge is 0.507 e. The standard InChI is InChI=1S/C23H20N2O3/c1-14-12-18(13-15(2)22(14)26)25-21(19-6-4-5-7-20(19)24-25)16-8-10-17(11-9-16)23(27)28-3/h4-13,26H,1-3H3. The van der Waals surface area contributed by atoms with Gasteiger partial charge in [0.2, 0.25) is 0 Å². The topological polar surface area (TPSA) is 64.3 Å². The number of hydrogen-bond donors (Lipinski definition) is 1. The Bertz CT molecular complexity index is 1170. The van der Waals surface area contributed by atoms with Crippen molar-refractivity contribution in [1.82, 2.24) is 9.78 Å². The molecule has 3 aromatic carbocycles. The first-order valence-corrected chi connectivity index (χ1v) is 8.96. The van der Waals surface area contributed by atoms with Crippen LogP contribution in [0.15, 0.2) is 60.7 Å². The number of aryl methyl sites for hydroxylation is 2. The van der Waals surface area contributed by atoms with E-state index in [9.17, 15) is 9.90 Å². The second-order valence-electron chi connectivity index (χ2n) is 6.77. The van der Waals surface area contributed by atoms with Crippen molar-refractivity contribution in [2.45, 2.75) is 13.8 Å². The molecule has 4 rings (SSSR count). The number of carbonyl (C=O) groups excluding carboxylic acids is 1. The number of fused-ring (bicyclic) bond motifs is 1. The first-order chi connectivity index (χ1) is 13.5. The summed E-state index contributed by atoms with van der Waals surface area (Å²) in [5, 5.41) is 15.9. The monoisotopic (exact) mass is 372 g/mol. The lowest BCUT2D eigenvalue weighted by Gasteiger charge is -2.12. The van der Waals surface area contributed by atoms with Gasteiger partial charge in [0.15, 0.2) is 0 Å². The molecule has 0 unspecified atom stereocenters. The van der Waals surface area contributed by atoms with E-state index in [1.165, 1.54) is 7.11 Å². The van der Waals surface area contributed by atoms with Crippen LogP contribution in [0.4, 0.5) is 0 Å². The number of esters is 1. The van der Waals surface area contributed by atoms with Crippen LogP contribution in [-0.4, -0.2) is 28.0 Å². The van der Waals surface area contributed by atoms with E-state index in [0.717, 1.165) is 39.0 Å². The summed E-state index contributed by atoms with van der Waals surface area (Å²) >= 11 is 0. The summed E-state index contributed by atoms with van der Waals surface area (Å²) < 4.78 is 6.67. The van der Waals surface area contributed by atoms with Gasteiger partial charge in [0.1, 0.15) is 5.75 Å². The predicted octanol–water partition coefficient (Wildman–Crippen LogP) is 4.80. The second kappa shape index (κ2) is 6.85. The van der Waals surface area contributed by atoms with Crippen molar-refractivity contribution in [1.29, 1.82) is 0 Å². The van der Waals surface area contributed by atoms with Gasteiger partial charge in [-0.1, -0.05) is 30.3 Å². The van der Waals surface area contributed by atoms with Crippen LogP contribution in [0, 0.1) is 13.8 Å². The van der Waals surface area contributed by atoms with Crippen LogP contribution >= 0.6 is 0 Å². The van der Waals surface area contributed by atoms with Crippen molar-refractivity contribution in [2.75, 3.05) is 7.11 Å². The Balaban J connectivity index is 1.95. The molecule has 5 nitrogen and oxygen atoms in total. The first kappa shape index (κ1) is 17.8. The van der Waals surface area contributed by atoms with E-state index in [1.807, 2.05) is 67.1 Å². The van der Waals surface area contributed by atoms with Crippen molar-refractivity contribution in [2.24, 2.45) is 0 Å². The highest BCUT2D eigenvalue weighted by atomic mass is 16.5. The Hall–Kier alpha value is -3.60.